The number of aryl methyl sites for hydroxylation is 1. The number of fused-ring (bicyclic) bond motifs is 1. The van der Waals surface area contributed by atoms with Gasteiger partial charge in [-0.15, -0.1) is 10.2 Å². The zero-order valence-corrected chi connectivity index (χ0v) is 18.1. The average molecular weight is 432 g/mol. The van der Waals surface area contributed by atoms with Crippen molar-refractivity contribution in [2.24, 2.45) is 18.7 Å². The van der Waals surface area contributed by atoms with Crippen molar-refractivity contribution in [2.75, 3.05) is 18.0 Å². The van der Waals surface area contributed by atoms with Crippen LogP contribution < -0.4 is 10.6 Å². The highest BCUT2D eigenvalue weighted by atomic mass is 19.1. The first-order valence-corrected chi connectivity index (χ1v) is 11.1. The number of benzene rings is 1. The molecule has 0 amide bonds. The van der Waals surface area contributed by atoms with Crippen LogP contribution in [0.5, 0.6) is 0 Å². The molecule has 0 bridgehead atoms. The largest absolute Gasteiger partial charge is 0.355 e. The molecule has 5 rings (SSSR count). The standard InChI is InChI=1S/C24H26FN7/c1-31-21(7-10-28-31)23-18-3-2-4-19(18)24(30-29-23)32-11-8-15(9-12-32)22(27)16-5-6-20(25)17(13-16)14-26/h5-7,10,13,15,22H,2-4,8-9,11-12,27H2,1H3. The Balaban J connectivity index is 1.33. The lowest BCUT2D eigenvalue weighted by Gasteiger charge is -2.36. The monoisotopic (exact) mass is 431 g/mol. The van der Waals surface area contributed by atoms with Crippen LogP contribution in [0.4, 0.5) is 10.2 Å². The molecule has 1 fully saturated rings. The Labute approximate surface area is 186 Å². The van der Waals surface area contributed by atoms with E-state index in [4.69, 9.17) is 11.0 Å². The van der Waals surface area contributed by atoms with Gasteiger partial charge in [0.2, 0.25) is 0 Å². The first-order valence-electron chi connectivity index (χ1n) is 11.1. The maximum atomic E-state index is 13.7. The van der Waals surface area contributed by atoms with Gasteiger partial charge in [0.15, 0.2) is 5.82 Å². The topological polar surface area (TPSA) is 96.7 Å². The van der Waals surface area contributed by atoms with Crippen LogP contribution in [0.25, 0.3) is 11.4 Å². The third kappa shape index (κ3) is 3.53. The van der Waals surface area contributed by atoms with Crippen LogP contribution >= 0.6 is 0 Å². The minimum absolute atomic E-state index is 0.0507. The van der Waals surface area contributed by atoms with E-state index in [-0.39, 0.29) is 17.5 Å². The zero-order chi connectivity index (χ0) is 22.2. The van der Waals surface area contributed by atoms with Crippen LogP contribution in [-0.2, 0) is 19.9 Å². The average Bonchev–Trinajstić information content (AvgIpc) is 3.48. The number of rotatable bonds is 4. The van der Waals surface area contributed by atoms with Crippen molar-refractivity contribution in [3.63, 3.8) is 0 Å². The van der Waals surface area contributed by atoms with Crippen LogP contribution in [0.3, 0.4) is 0 Å². The summed E-state index contributed by atoms with van der Waals surface area (Å²) < 4.78 is 15.5. The second-order valence-corrected chi connectivity index (χ2v) is 8.72. The quantitative estimate of drug-likeness (QED) is 0.681. The van der Waals surface area contributed by atoms with E-state index in [2.05, 4.69) is 20.2 Å². The van der Waals surface area contributed by atoms with Crippen molar-refractivity contribution >= 4 is 5.82 Å². The van der Waals surface area contributed by atoms with Gasteiger partial charge in [-0.3, -0.25) is 4.68 Å². The molecule has 1 aromatic carbocycles. The molecule has 3 aromatic rings. The van der Waals surface area contributed by atoms with Gasteiger partial charge in [0, 0.05) is 37.9 Å². The Morgan fingerprint density at radius 1 is 1.16 bits per heavy atom. The van der Waals surface area contributed by atoms with Gasteiger partial charge in [0.25, 0.3) is 0 Å². The fraction of sp³-hybridized carbons (Fsp3) is 0.417. The van der Waals surface area contributed by atoms with Gasteiger partial charge in [-0.05, 0) is 67.3 Å². The summed E-state index contributed by atoms with van der Waals surface area (Å²) in [6, 6.07) is 8.30. The van der Waals surface area contributed by atoms with Crippen molar-refractivity contribution in [1.82, 2.24) is 20.0 Å². The lowest BCUT2D eigenvalue weighted by Crippen LogP contribution is -2.38. The van der Waals surface area contributed by atoms with Crippen LogP contribution in [0, 0.1) is 23.1 Å². The summed E-state index contributed by atoms with van der Waals surface area (Å²) >= 11 is 0. The molecule has 3 heterocycles. The van der Waals surface area contributed by atoms with Crippen molar-refractivity contribution in [3.05, 3.63) is 58.5 Å². The first kappa shape index (κ1) is 20.6. The highest BCUT2D eigenvalue weighted by Gasteiger charge is 2.30. The normalized spacial score (nSPS) is 17.2. The fourth-order valence-corrected chi connectivity index (χ4v) is 5.11. The van der Waals surface area contributed by atoms with Gasteiger partial charge >= 0.3 is 0 Å². The molecule has 7 nitrogen and oxygen atoms in total. The number of hydrogen-bond donors (Lipinski definition) is 1. The highest BCUT2D eigenvalue weighted by molar-refractivity contribution is 5.66. The van der Waals surface area contributed by atoms with Gasteiger partial charge in [-0.1, -0.05) is 6.07 Å². The Morgan fingerprint density at radius 3 is 2.66 bits per heavy atom. The number of anilines is 1. The molecule has 2 aliphatic rings. The van der Waals surface area contributed by atoms with E-state index in [1.165, 1.54) is 17.2 Å². The van der Waals surface area contributed by atoms with Crippen molar-refractivity contribution in [2.45, 2.75) is 38.1 Å². The van der Waals surface area contributed by atoms with Gasteiger partial charge in [-0.25, -0.2) is 4.39 Å². The molecule has 2 N–H and O–H groups in total. The van der Waals surface area contributed by atoms with Crippen molar-refractivity contribution < 1.29 is 4.39 Å². The number of hydrogen-bond acceptors (Lipinski definition) is 6. The molecule has 164 valence electrons. The summed E-state index contributed by atoms with van der Waals surface area (Å²) in [7, 11) is 1.93. The maximum absolute atomic E-state index is 13.7. The number of nitrogens with zero attached hydrogens (tertiary/aromatic N) is 6. The number of nitriles is 1. The van der Waals surface area contributed by atoms with Crippen molar-refractivity contribution in [1.29, 1.82) is 5.26 Å². The highest BCUT2D eigenvalue weighted by Crippen LogP contribution is 2.37. The van der Waals surface area contributed by atoms with E-state index < -0.39 is 5.82 Å². The smallest absolute Gasteiger partial charge is 0.154 e. The summed E-state index contributed by atoms with van der Waals surface area (Å²) in [6.07, 6.45) is 6.79. The van der Waals surface area contributed by atoms with Crippen LogP contribution in [0.2, 0.25) is 0 Å². The summed E-state index contributed by atoms with van der Waals surface area (Å²) in [4.78, 5) is 2.33. The Kier molecular flexibility index (Phi) is 5.35. The molecule has 1 unspecified atom stereocenters. The molecule has 32 heavy (non-hydrogen) atoms. The van der Waals surface area contributed by atoms with Gasteiger partial charge in [0.05, 0.1) is 11.3 Å². The minimum atomic E-state index is -0.500. The van der Waals surface area contributed by atoms with Gasteiger partial charge in [-0.2, -0.15) is 10.4 Å². The van der Waals surface area contributed by atoms with Gasteiger partial charge in [0.1, 0.15) is 17.6 Å². The predicted molar refractivity (Wildman–Crippen MR) is 119 cm³/mol. The third-order valence-corrected chi connectivity index (χ3v) is 6.92. The van der Waals surface area contributed by atoms with E-state index in [0.717, 1.165) is 68.0 Å². The van der Waals surface area contributed by atoms with Crippen molar-refractivity contribution in [3.8, 4) is 17.5 Å². The van der Waals surface area contributed by atoms with Gasteiger partial charge < -0.3 is 10.6 Å². The number of aromatic nitrogens is 4. The Bertz CT molecular complexity index is 1190. The zero-order valence-electron chi connectivity index (χ0n) is 18.1. The molecule has 1 atom stereocenters. The van der Waals surface area contributed by atoms with E-state index in [1.54, 1.807) is 18.3 Å². The van der Waals surface area contributed by atoms with Crippen LogP contribution in [-0.4, -0.2) is 33.1 Å². The van der Waals surface area contributed by atoms with E-state index in [1.807, 2.05) is 23.9 Å². The number of piperidine rings is 1. The number of nitrogens with two attached hydrogens (primary N) is 1. The summed E-state index contributed by atoms with van der Waals surface area (Å²) in [6.45, 7) is 1.72. The minimum Gasteiger partial charge on any atom is -0.355 e. The molecule has 1 aliphatic carbocycles. The Hall–Kier alpha value is -3.31. The molecule has 8 heteroatoms. The second kappa shape index (κ2) is 8.32. The van der Waals surface area contributed by atoms with E-state index >= 15 is 0 Å². The summed E-state index contributed by atoms with van der Waals surface area (Å²) in [5, 5.41) is 22.7. The number of halogens is 1. The summed E-state index contributed by atoms with van der Waals surface area (Å²) in [5.74, 6) is 0.780. The Morgan fingerprint density at radius 2 is 1.94 bits per heavy atom. The molecular formula is C24H26FN7. The molecule has 0 saturated carbocycles. The second-order valence-electron chi connectivity index (χ2n) is 8.72. The molecule has 0 radical (unpaired) electrons. The predicted octanol–water partition coefficient (Wildman–Crippen LogP) is 3.29. The van der Waals surface area contributed by atoms with E-state index in [9.17, 15) is 4.39 Å². The third-order valence-electron chi connectivity index (χ3n) is 6.92. The van der Waals surface area contributed by atoms with E-state index in [0.29, 0.717) is 0 Å². The van der Waals surface area contributed by atoms with Crippen LogP contribution in [0.15, 0.2) is 30.5 Å². The maximum Gasteiger partial charge on any atom is 0.154 e. The molecule has 1 saturated heterocycles. The molecular weight excluding hydrogens is 405 g/mol. The SMILES string of the molecule is Cn1nccc1-c1nnc(N2CCC(C(N)c3ccc(F)c(C#N)c3)CC2)c2c1CCC2. The van der Waals surface area contributed by atoms with Crippen LogP contribution in [0.1, 0.15) is 47.6 Å². The first-order chi connectivity index (χ1) is 15.6. The fourth-order valence-electron chi connectivity index (χ4n) is 5.11. The lowest BCUT2D eigenvalue weighted by molar-refractivity contribution is 0.343. The lowest BCUT2D eigenvalue weighted by atomic mass is 9.85. The summed E-state index contributed by atoms with van der Waals surface area (Å²) in [5.41, 5.74) is 12.0. The molecule has 2 aromatic heterocycles. The molecule has 1 aliphatic heterocycles. The molecule has 0 spiro atoms.